The third kappa shape index (κ3) is 3.15. The molecule has 2 aliphatic rings. The first-order chi connectivity index (χ1) is 8.99. The molecule has 0 aromatic rings. The fourth-order valence-electron chi connectivity index (χ4n) is 2.67. The van der Waals surface area contributed by atoms with Crippen molar-refractivity contribution in [2.75, 3.05) is 26.2 Å². The van der Waals surface area contributed by atoms with Gasteiger partial charge in [-0.1, -0.05) is 20.4 Å². The number of piperazine rings is 1. The molecule has 5 heteroatoms. The number of amides is 2. The molecule has 0 saturated carbocycles. The first kappa shape index (κ1) is 14.1. The average Bonchev–Trinajstić information content (AvgIpc) is 2.83. The molecular formula is C14H23N3O2. The molecule has 0 bridgehead atoms. The first-order valence-corrected chi connectivity index (χ1v) is 6.97. The summed E-state index contributed by atoms with van der Waals surface area (Å²) in [7, 11) is 0. The predicted molar refractivity (Wildman–Crippen MR) is 73.6 cm³/mol. The van der Waals surface area contributed by atoms with E-state index in [9.17, 15) is 9.59 Å². The van der Waals surface area contributed by atoms with E-state index in [2.05, 4.69) is 25.7 Å². The third-order valence-electron chi connectivity index (χ3n) is 3.67. The number of nitrogens with zero attached hydrogens (tertiary/aromatic N) is 2. The van der Waals surface area contributed by atoms with Crippen molar-refractivity contribution in [1.82, 2.24) is 15.1 Å². The summed E-state index contributed by atoms with van der Waals surface area (Å²) >= 11 is 0. The number of hydrogen-bond donors (Lipinski definition) is 1. The lowest BCUT2D eigenvalue weighted by atomic mass is 10.1. The molecule has 19 heavy (non-hydrogen) atoms. The van der Waals surface area contributed by atoms with Crippen molar-refractivity contribution in [2.45, 2.75) is 38.8 Å². The van der Waals surface area contributed by atoms with E-state index in [0.717, 1.165) is 25.0 Å². The number of nitrogens with one attached hydrogen (secondary N) is 1. The monoisotopic (exact) mass is 265 g/mol. The van der Waals surface area contributed by atoms with Crippen LogP contribution >= 0.6 is 0 Å². The second-order valence-electron chi connectivity index (χ2n) is 5.73. The Labute approximate surface area is 114 Å². The number of carbonyl (C=O) groups excluding carboxylic acids is 2. The van der Waals surface area contributed by atoms with Gasteiger partial charge in [0, 0.05) is 25.7 Å². The molecule has 1 N–H and O–H groups in total. The van der Waals surface area contributed by atoms with Gasteiger partial charge in [-0.15, -0.1) is 0 Å². The fourth-order valence-corrected chi connectivity index (χ4v) is 2.67. The van der Waals surface area contributed by atoms with E-state index in [1.54, 1.807) is 9.80 Å². The molecule has 0 aromatic heterocycles. The molecule has 2 heterocycles. The molecule has 5 nitrogen and oxygen atoms in total. The molecule has 106 valence electrons. The first-order valence-electron chi connectivity index (χ1n) is 6.97. The van der Waals surface area contributed by atoms with Gasteiger partial charge in [0.05, 0.1) is 0 Å². The van der Waals surface area contributed by atoms with Crippen LogP contribution in [0.3, 0.4) is 0 Å². The van der Waals surface area contributed by atoms with Gasteiger partial charge in [0.25, 0.3) is 0 Å². The Kier molecular flexibility index (Phi) is 4.24. The minimum absolute atomic E-state index is 0.0757. The highest BCUT2D eigenvalue weighted by atomic mass is 16.2. The maximum Gasteiger partial charge on any atom is 0.246 e. The zero-order valence-electron chi connectivity index (χ0n) is 11.8. The van der Waals surface area contributed by atoms with Crippen molar-refractivity contribution in [3.8, 4) is 0 Å². The minimum Gasteiger partial charge on any atom is -0.329 e. The van der Waals surface area contributed by atoms with Crippen LogP contribution in [-0.4, -0.2) is 59.9 Å². The molecule has 2 rings (SSSR count). The van der Waals surface area contributed by atoms with Gasteiger partial charge in [-0.3, -0.25) is 9.59 Å². The molecule has 0 aliphatic carbocycles. The quantitative estimate of drug-likeness (QED) is 0.731. The molecule has 2 fully saturated rings. The predicted octanol–water partition coefficient (Wildman–Crippen LogP) is 0.374. The molecule has 2 saturated heterocycles. The number of rotatable bonds is 5. The van der Waals surface area contributed by atoms with Crippen molar-refractivity contribution in [1.29, 1.82) is 0 Å². The zero-order chi connectivity index (χ0) is 14.0. The lowest BCUT2D eigenvalue weighted by Crippen LogP contribution is -2.57. The summed E-state index contributed by atoms with van der Waals surface area (Å²) in [5.41, 5.74) is 0.946. The zero-order valence-corrected chi connectivity index (χ0v) is 11.8. The summed E-state index contributed by atoms with van der Waals surface area (Å²) in [5, 5.41) is 3.27. The molecule has 0 aromatic carbocycles. The summed E-state index contributed by atoms with van der Waals surface area (Å²) in [6.07, 6.45) is 1.74. The Morgan fingerprint density at radius 3 is 2.89 bits per heavy atom. The van der Waals surface area contributed by atoms with Gasteiger partial charge in [-0.25, -0.2) is 0 Å². The number of hydrogen-bond acceptors (Lipinski definition) is 3. The molecule has 2 amide bonds. The summed E-state index contributed by atoms with van der Waals surface area (Å²) in [4.78, 5) is 27.6. The van der Waals surface area contributed by atoms with Crippen LogP contribution < -0.4 is 5.32 Å². The molecule has 0 spiro atoms. The second kappa shape index (κ2) is 5.74. The van der Waals surface area contributed by atoms with E-state index in [-0.39, 0.29) is 24.4 Å². The van der Waals surface area contributed by atoms with Gasteiger partial charge in [0.2, 0.25) is 11.8 Å². The maximum absolute atomic E-state index is 12.3. The standard InChI is InChI=1S/C14H23N3O2/c1-10(2)15-7-11(3)8-16-9-13(18)17-6-4-5-12(17)14(16)19/h10,12,15H,3-9H2,1-2H3. The van der Waals surface area contributed by atoms with Crippen LogP contribution in [-0.2, 0) is 9.59 Å². The third-order valence-corrected chi connectivity index (χ3v) is 3.67. The Morgan fingerprint density at radius 1 is 1.47 bits per heavy atom. The molecule has 0 radical (unpaired) electrons. The maximum atomic E-state index is 12.3. The number of fused-ring (bicyclic) bond motifs is 1. The SMILES string of the molecule is C=C(CNC(C)C)CN1CC(=O)N2CCCC2C1=O. The van der Waals surface area contributed by atoms with Crippen LogP contribution in [0.1, 0.15) is 26.7 Å². The van der Waals surface area contributed by atoms with Crippen LogP contribution in [0.4, 0.5) is 0 Å². The van der Waals surface area contributed by atoms with Gasteiger partial charge in [0.1, 0.15) is 12.6 Å². The Balaban J connectivity index is 1.91. The molecule has 1 unspecified atom stereocenters. The lowest BCUT2D eigenvalue weighted by Gasteiger charge is -2.36. The van der Waals surface area contributed by atoms with Crippen LogP contribution in [0.5, 0.6) is 0 Å². The molecular weight excluding hydrogens is 242 g/mol. The van der Waals surface area contributed by atoms with E-state index in [1.807, 2.05) is 0 Å². The van der Waals surface area contributed by atoms with Crippen LogP contribution in [0.15, 0.2) is 12.2 Å². The molecule has 2 aliphatic heterocycles. The topological polar surface area (TPSA) is 52.7 Å². The number of carbonyl (C=O) groups is 2. The normalized spacial score (nSPS) is 23.2. The minimum atomic E-state index is -0.216. The Hall–Kier alpha value is -1.36. The average molecular weight is 265 g/mol. The van der Waals surface area contributed by atoms with Crippen LogP contribution in [0.2, 0.25) is 0 Å². The largest absolute Gasteiger partial charge is 0.329 e. The van der Waals surface area contributed by atoms with Gasteiger partial charge >= 0.3 is 0 Å². The van der Waals surface area contributed by atoms with Gasteiger partial charge in [0.15, 0.2) is 0 Å². The van der Waals surface area contributed by atoms with Crippen molar-refractivity contribution >= 4 is 11.8 Å². The van der Waals surface area contributed by atoms with Crippen LogP contribution in [0.25, 0.3) is 0 Å². The second-order valence-corrected chi connectivity index (χ2v) is 5.73. The van der Waals surface area contributed by atoms with Crippen molar-refractivity contribution in [2.24, 2.45) is 0 Å². The van der Waals surface area contributed by atoms with Crippen molar-refractivity contribution in [3.05, 3.63) is 12.2 Å². The van der Waals surface area contributed by atoms with Crippen LogP contribution in [0, 0.1) is 0 Å². The van der Waals surface area contributed by atoms with E-state index in [0.29, 0.717) is 19.1 Å². The summed E-state index contributed by atoms with van der Waals surface area (Å²) in [6, 6.07) is 0.174. The van der Waals surface area contributed by atoms with Crippen molar-refractivity contribution < 1.29 is 9.59 Å². The summed E-state index contributed by atoms with van der Waals surface area (Å²) < 4.78 is 0. The van der Waals surface area contributed by atoms with Gasteiger partial charge < -0.3 is 15.1 Å². The Morgan fingerprint density at radius 2 is 2.21 bits per heavy atom. The highest BCUT2D eigenvalue weighted by Crippen LogP contribution is 2.23. The smallest absolute Gasteiger partial charge is 0.246 e. The lowest BCUT2D eigenvalue weighted by molar-refractivity contribution is -0.153. The summed E-state index contributed by atoms with van der Waals surface area (Å²) in [6.45, 7) is 10.2. The van der Waals surface area contributed by atoms with E-state index < -0.39 is 0 Å². The van der Waals surface area contributed by atoms with Gasteiger partial charge in [-0.05, 0) is 18.4 Å². The molecule has 1 atom stereocenters. The van der Waals surface area contributed by atoms with Crippen molar-refractivity contribution in [3.63, 3.8) is 0 Å². The highest BCUT2D eigenvalue weighted by Gasteiger charge is 2.41. The summed E-state index contributed by atoms with van der Waals surface area (Å²) in [5.74, 6) is 0.162. The Bertz CT molecular complexity index is 392. The van der Waals surface area contributed by atoms with E-state index >= 15 is 0 Å². The highest BCUT2D eigenvalue weighted by molar-refractivity contribution is 5.95. The van der Waals surface area contributed by atoms with E-state index in [4.69, 9.17) is 0 Å². The fraction of sp³-hybridized carbons (Fsp3) is 0.714. The van der Waals surface area contributed by atoms with E-state index in [1.165, 1.54) is 0 Å². The van der Waals surface area contributed by atoms with Gasteiger partial charge in [-0.2, -0.15) is 0 Å².